The van der Waals surface area contributed by atoms with Crippen molar-refractivity contribution in [2.45, 2.75) is 63.5 Å². The van der Waals surface area contributed by atoms with Crippen LogP contribution in [0.5, 0.6) is 0 Å². The summed E-state index contributed by atoms with van der Waals surface area (Å²) in [6.07, 6.45) is 8.99. The molecule has 39 heavy (non-hydrogen) atoms. The Balaban J connectivity index is 1.20. The third-order valence-electron chi connectivity index (χ3n) is 8.02. The summed E-state index contributed by atoms with van der Waals surface area (Å²) in [5.41, 5.74) is 0.463. The molecule has 2 aliphatic heterocycles. The average Bonchev–Trinajstić information content (AvgIpc) is 3.58. The molecule has 0 radical (unpaired) electrons. The minimum atomic E-state index is -1.06. The molecular weight excluding hydrogens is 511 g/mol. The van der Waals surface area contributed by atoms with Gasteiger partial charge in [-0.15, -0.1) is 0 Å². The van der Waals surface area contributed by atoms with E-state index in [0.29, 0.717) is 54.8 Å². The van der Waals surface area contributed by atoms with Crippen molar-refractivity contribution in [3.05, 3.63) is 35.8 Å². The number of anilines is 3. The van der Waals surface area contributed by atoms with Crippen molar-refractivity contribution in [2.24, 2.45) is 5.92 Å². The van der Waals surface area contributed by atoms with E-state index in [9.17, 15) is 18.0 Å². The highest BCUT2D eigenvalue weighted by Crippen LogP contribution is 2.33. The number of benzene rings is 1. The molecule has 1 aliphatic carbocycles. The van der Waals surface area contributed by atoms with E-state index in [1.165, 1.54) is 6.42 Å². The molecule has 6 rings (SSSR count). The molecule has 0 bridgehead atoms. The van der Waals surface area contributed by atoms with Crippen LogP contribution in [0.15, 0.2) is 18.3 Å². The van der Waals surface area contributed by atoms with Crippen molar-refractivity contribution in [3.8, 4) is 0 Å². The highest BCUT2D eigenvalue weighted by atomic mass is 19.1. The molecule has 9 nitrogen and oxygen atoms in total. The number of amides is 1. The molecule has 2 aromatic heterocycles. The largest absolute Gasteiger partial charge is 0.379 e. The van der Waals surface area contributed by atoms with Gasteiger partial charge in [-0.05, 0) is 51.4 Å². The van der Waals surface area contributed by atoms with E-state index in [-0.39, 0.29) is 23.9 Å². The maximum absolute atomic E-state index is 14.4. The van der Waals surface area contributed by atoms with Crippen LogP contribution in [0.4, 0.5) is 30.8 Å². The minimum absolute atomic E-state index is 0.0780. The summed E-state index contributed by atoms with van der Waals surface area (Å²) in [7, 11) is 0. The van der Waals surface area contributed by atoms with E-state index in [4.69, 9.17) is 9.72 Å². The Morgan fingerprint density at radius 2 is 1.72 bits per heavy atom. The number of ether oxygens (including phenoxy) is 1. The number of nitrogens with zero attached hydrogens (tertiary/aromatic N) is 5. The smallest absolute Gasteiger partial charge is 0.225 e. The number of carbonyl (C=O) groups excluding carboxylic acids is 1. The number of rotatable bonds is 6. The number of imidazole rings is 1. The van der Waals surface area contributed by atoms with Gasteiger partial charge in [0.15, 0.2) is 17.3 Å². The van der Waals surface area contributed by atoms with Crippen LogP contribution in [0, 0.1) is 23.4 Å². The van der Waals surface area contributed by atoms with Gasteiger partial charge >= 0.3 is 0 Å². The van der Waals surface area contributed by atoms with Crippen LogP contribution in [0.3, 0.4) is 0 Å². The zero-order chi connectivity index (χ0) is 26.9. The molecule has 2 saturated heterocycles. The van der Waals surface area contributed by atoms with Crippen molar-refractivity contribution in [1.29, 1.82) is 0 Å². The van der Waals surface area contributed by atoms with Gasteiger partial charge < -0.3 is 20.3 Å². The Hall–Kier alpha value is -3.41. The molecule has 0 spiro atoms. The fraction of sp³-hybridized carbons (Fsp3) is 0.556. The van der Waals surface area contributed by atoms with Crippen molar-refractivity contribution >= 4 is 34.7 Å². The molecule has 3 aromatic rings. The van der Waals surface area contributed by atoms with Gasteiger partial charge in [-0.3, -0.25) is 9.36 Å². The number of piperidine rings is 1. The van der Waals surface area contributed by atoms with Crippen LogP contribution in [-0.2, 0) is 9.53 Å². The second kappa shape index (κ2) is 11.0. The van der Waals surface area contributed by atoms with Gasteiger partial charge in [-0.1, -0.05) is 0 Å². The van der Waals surface area contributed by atoms with E-state index < -0.39 is 23.1 Å². The fourth-order valence-corrected chi connectivity index (χ4v) is 5.93. The summed E-state index contributed by atoms with van der Waals surface area (Å²) in [6, 6.07) is 1.23. The maximum atomic E-state index is 14.4. The second-order valence-electron chi connectivity index (χ2n) is 10.7. The summed E-state index contributed by atoms with van der Waals surface area (Å²) in [5.74, 6) is -2.14. The molecule has 12 heteroatoms. The molecule has 3 aliphatic rings. The number of halogens is 3. The Morgan fingerprint density at radius 3 is 2.41 bits per heavy atom. The standard InChI is InChI=1S/C27H32F3N7O2/c28-17-12-20(29)23(21(30)13-17)34-27-33-22-14-31-26(35-24(22)37(27)19-8-11-39-15-19)32-18-6-4-16(5-7-18)25(38)36-9-2-1-3-10-36/h12-14,16,18-19H,1-11,15H2,(H,33,34)(H,31,32,35)/t16?,18?,19-/m0/s1. The third kappa shape index (κ3) is 5.39. The van der Waals surface area contributed by atoms with Gasteiger partial charge in [-0.25, -0.2) is 23.1 Å². The van der Waals surface area contributed by atoms with Crippen LogP contribution in [0.2, 0.25) is 0 Å². The van der Waals surface area contributed by atoms with Gasteiger partial charge in [-0.2, -0.15) is 4.98 Å². The predicted octanol–water partition coefficient (Wildman–Crippen LogP) is 4.93. The SMILES string of the molecule is O=C(C1CCC(Nc2ncc3nc(Nc4c(F)cc(F)cc4F)n([C@H]4CCOC4)c3n2)CC1)N1CCCCC1. The van der Waals surface area contributed by atoms with Gasteiger partial charge in [0.25, 0.3) is 0 Å². The van der Waals surface area contributed by atoms with Gasteiger partial charge in [0.05, 0.1) is 18.8 Å². The monoisotopic (exact) mass is 543 g/mol. The number of hydrogen-bond donors (Lipinski definition) is 2. The molecule has 3 fully saturated rings. The third-order valence-corrected chi connectivity index (χ3v) is 8.02. The summed E-state index contributed by atoms with van der Waals surface area (Å²) < 4.78 is 49.6. The summed E-state index contributed by atoms with van der Waals surface area (Å²) >= 11 is 0. The number of aromatic nitrogens is 4. The molecule has 1 aromatic carbocycles. The predicted molar refractivity (Wildman–Crippen MR) is 139 cm³/mol. The Morgan fingerprint density at radius 1 is 0.974 bits per heavy atom. The first-order valence-electron chi connectivity index (χ1n) is 13.8. The van der Waals surface area contributed by atoms with Crippen LogP contribution in [0.1, 0.15) is 57.4 Å². The highest BCUT2D eigenvalue weighted by Gasteiger charge is 2.31. The normalized spacial score (nSPS) is 23.8. The highest BCUT2D eigenvalue weighted by molar-refractivity contribution is 5.79. The Labute approximate surface area is 224 Å². The van der Waals surface area contributed by atoms with E-state index in [1.54, 1.807) is 10.8 Å². The molecular formula is C27H32F3N7O2. The minimum Gasteiger partial charge on any atom is -0.379 e. The molecule has 208 valence electrons. The van der Waals surface area contributed by atoms with Gasteiger partial charge in [0.2, 0.25) is 17.8 Å². The lowest BCUT2D eigenvalue weighted by Gasteiger charge is -2.34. The van der Waals surface area contributed by atoms with E-state index >= 15 is 0 Å². The number of hydrogen-bond acceptors (Lipinski definition) is 7. The molecule has 4 heterocycles. The number of likely N-dealkylation sites (tertiary alicyclic amines) is 1. The maximum Gasteiger partial charge on any atom is 0.225 e. The quantitative estimate of drug-likeness (QED) is 0.455. The van der Waals surface area contributed by atoms with Crippen molar-refractivity contribution in [1.82, 2.24) is 24.4 Å². The fourth-order valence-electron chi connectivity index (χ4n) is 5.93. The summed E-state index contributed by atoms with van der Waals surface area (Å²) in [5, 5.41) is 6.11. The average molecular weight is 544 g/mol. The summed E-state index contributed by atoms with van der Waals surface area (Å²) in [4.78, 5) is 28.6. The molecule has 2 N–H and O–H groups in total. The van der Waals surface area contributed by atoms with Crippen molar-refractivity contribution in [2.75, 3.05) is 36.9 Å². The van der Waals surface area contributed by atoms with Crippen LogP contribution in [0.25, 0.3) is 11.2 Å². The molecule has 1 atom stereocenters. The Kier molecular flexibility index (Phi) is 7.28. The van der Waals surface area contributed by atoms with E-state index in [2.05, 4.69) is 20.6 Å². The van der Waals surface area contributed by atoms with Crippen molar-refractivity contribution < 1.29 is 22.7 Å². The van der Waals surface area contributed by atoms with Crippen LogP contribution >= 0.6 is 0 Å². The van der Waals surface area contributed by atoms with Crippen LogP contribution in [-0.4, -0.2) is 62.7 Å². The zero-order valence-electron chi connectivity index (χ0n) is 21.6. The van der Waals surface area contributed by atoms with Gasteiger partial charge in [0.1, 0.15) is 17.0 Å². The molecule has 1 amide bonds. The van der Waals surface area contributed by atoms with Crippen LogP contribution < -0.4 is 10.6 Å². The van der Waals surface area contributed by atoms with Crippen molar-refractivity contribution in [3.63, 3.8) is 0 Å². The van der Waals surface area contributed by atoms with E-state index in [0.717, 1.165) is 51.6 Å². The number of nitrogens with one attached hydrogen (secondary N) is 2. The first-order valence-corrected chi connectivity index (χ1v) is 13.8. The number of fused-ring (bicyclic) bond motifs is 1. The second-order valence-corrected chi connectivity index (χ2v) is 10.7. The first-order chi connectivity index (χ1) is 19.0. The number of carbonyl (C=O) groups is 1. The zero-order valence-corrected chi connectivity index (χ0v) is 21.6. The van der Waals surface area contributed by atoms with Gasteiger partial charge in [0, 0.05) is 43.8 Å². The van der Waals surface area contributed by atoms with E-state index in [1.807, 2.05) is 4.90 Å². The first kappa shape index (κ1) is 25.8. The lowest BCUT2D eigenvalue weighted by atomic mass is 9.85. The lowest BCUT2D eigenvalue weighted by molar-refractivity contribution is -0.137. The summed E-state index contributed by atoms with van der Waals surface area (Å²) in [6.45, 7) is 2.69. The molecule has 1 saturated carbocycles. The topological polar surface area (TPSA) is 97.2 Å². The molecule has 0 unspecified atom stereocenters. The lowest BCUT2D eigenvalue weighted by Crippen LogP contribution is -2.41. The Bertz CT molecular complexity index is 1320.